The zero-order valence-corrected chi connectivity index (χ0v) is 17.8. The molecule has 0 saturated heterocycles. The third-order valence-corrected chi connectivity index (χ3v) is 5.29. The van der Waals surface area contributed by atoms with Crippen molar-refractivity contribution in [2.45, 2.75) is 32.1 Å². The van der Waals surface area contributed by atoms with Crippen LogP contribution in [0.4, 0.5) is 5.69 Å². The summed E-state index contributed by atoms with van der Waals surface area (Å²) in [7, 11) is 1.97. The number of anilines is 1. The molecule has 0 aliphatic carbocycles. The SMILES string of the molecule is CNCCCSc1ccc2nn(-c3ccc(NCC(C)(C)C)cc3O)nc2c1. The van der Waals surface area contributed by atoms with Gasteiger partial charge < -0.3 is 15.7 Å². The average molecular weight is 400 g/mol. The van der Waals surface area contributed by atoms with Gasteiger partial charge in [0.15, 0.2) is 0 Å². The number of phenolic OH excluding ortho intramolecular Hbond substituents is 1. The summed E-state index contributed by atoms with van der Waals surface area (Å²) in [6.45, 7) is 8.35. The summed E-state index contributed by atoms with van der Waals surface area (Å²) in [6.07, 6.45) is 1.12. The highest BCUT2D eigenvalue weighted by molar-refractivity contribution is 7.99. The first-order chi connectivity index (χ1) is 13.4. The fraction of sp³-hybridized carbons (Fsp3) is 0.429. The van der Waals surface area contributed by atoms with Crippen molar-refractivity contribution in [3.05, 3.63) is 36.4 Å². The molecule has 1 heterocycles. The van der Waals surface area contributed by atoms with Gasteiger partial charge in [-0.05, 0) is 61.5 Å². The number of rotatable bonds is 8. The molecular weight excluding hydrogens is 370 g/mol. The predicted octanol–water partition coefficient (Wildman–Crippen LogP) is 4.29. The first-order valence-corrected chi connectivity index (χ1v) is 10.6. The molecule has 0 radical (unpaired) electrons. The zero-order chi connectivity index (χ0) is 20.1. The molecule has 0 spiro atoms. The largest absolute Gasteiger partial charge is 0.506 e. The van der Waals surface area contributed by atoms with Gasteiger partial charge in [-0.1, -0.05) is 20.8 Å². The van der Waals surface area contributed by atoms with Crippen molar-refractivity contribution in [3.8, 4) is 11.4 Å². The number of hydrogen-bond donors (Lipinski definition) is 3. The molecule has 0 aliphatic heterocycles. The van der Waals surface area contributed by atoms with E-state index in [0.717, 1.165) is 42.0 Å². The Hall–Kier alpha value is -2.25. The highest BCUT2D eigenvalue weighted by Gasteiger charge is 2.12. The summed E-state index contributed by atoms with van der Waals surface area (Å²) in [6, 6.07) is 11.6. The number of aromatic hydroxyl groups is 1. The van der Waals surface area contributed by atoms with Gasteiger partial charge in [0.1, 0.15) is 22.5 Å². The van der Waals surface area contributed by atoms with E-state index in [2.05, 4.69) is 53.7 Å². The molecule has 7 heteroatoms. The van der Waals surface area contributed by atoms with E-state index >= 15 is 0 Å². The Balaban J connectivity index is 1.75. The lowest BCUT2D eigenvalue weighted by Gasteiger charge is -2.19. The molecule has 6 nitrogen and oxygen atoms in total. The average Bonchev–Trinajstić information content (AvgIpc) is 3.06. The van der Waals surface area contributed by atoms with Crippen LogP contribution in [0, 0.1) is 5.41 Å². The van der Waals surface area contributed by atoms with Crippen molar-refractivity contribution in [1.82, 2.24) is 20.3 Å². The smallest absolute Gasteiger partial charge is 0.145 e. The molecule has 0 atom stereocenters. The maximum absolute atomic E-state index is 10.5. The second-order valence-corrected chi connectivity index (χ2v) is 9.23. The Kier molecular flexibility index (Phi) is 6.46. The number of fused-ring (bicyclic) bond motifs is 1. The lowest BCUT2D eigenvalue weighted by molar-refractivity contribution is 0.442. The molecule has 3 aromatic rings. The quantitative estimate of drug-likeness (QED) is 0.388. The number of nitrogens with zero attached hydrogens (tertiary/aromatic N) is 3. The standard InChI is InChI=1S/C21H29N5OS/c1-21(2,3)14-23-15-6-9-19(20(27)12-15)26-24-17-8-7-16(13-18(17)25-26)28-11-5-10-22-4/h6-9,12-13,22-23,27H,5,10-11,14H2,1-4H3. The van der Waals surface area contributed by atoms with E-state index in [9.17, 15) is 5.11 Å². The Morgan fingerprint density at radius 3 is 2.57 bits per heavy atom. The van der Waals surface area contributed by atoms with Gasteiger partial charge >= 0.3 is 0 Å². The van der Waals surface area contributed by atoms with Gasteiger partial charge in [-0.2, -0.15) is 0 Å². The number of hydrogen-bond acceptors (Lipinski definition) is 6. The van der Waals surface area contributed by atoms with Crippen LogP contribution in [0.5, 0.6) is 5.75 Å². The van der Waals surface area contributed by atoms with E-state index in [1.807, 2.05) is 37.0 Å². The van der Waals surface area contributed by atoms with Crippen LogP contribution in [0.3, 0.4) is 0 Å². The fourth-order valence-corrected chi connectivity index (χ4v) is 3.58. The highest BCUT2D eigenvalue weighted by atomic mass is 32.2. The van der Waals surface area contributed by atoms with Crippen molar-refractivity contribution < 1.29 is 5.11 Å². The number of nitrogens with one attached hydrogen (secondary N) is 2. The van der Waals surface area contributed by atoms with E-state index in [0.29, 0.717) is 5.69 Å². The molecule has 0 bridgehead atoms. The van der Waals surface area contributed by atoms with Crippen LogP contribution in [0.25, 0.3) is 16.7 Å². The lowest BCUT2D eigenvalue weighted by atomic mass is 9.97. The van der Waals surface area contributed by atoms with Crippen LogP contribution < -0.4 is 10.6 Å². The van der Waals surface area contributed by atoms with Gasteiger partial charge in [0.25, 0.3) is 0 Å². The zero-order valence-electron chi connectivity index (χ0n) is 17.0. The first-order valence-electron chi connectivity index (χ1n) is 9.57. The van der Waals surface area contributed by atoms with Crippen molar-refractivity contribution in [2.75, 3.05) is 31.2 Å². The van der Waals surface area contributed by atoms with Gasteiger partial charge in [-0.15, -0.1) is 26.8 Å². The van der Waals surface area contributed by atoms with Crippen LogP contribution in [0.1, 0.15) is 27.2 Å². The molecule has 2 aromatic carbocycles. The molecule has 0 amide bonds. The molecule has 3 N–H and O–H groups in total. The number of benzene rings is 2. The van der Waals surface area contributed by atoms with Gasteiger partial charge in [0, 0.05) is 23.2 Å². The Bertz CT molecular complexity index is 932. The van der Waals surface area contributed by atoms with Crippen molar-refractivity contribution in [3.63, 3.8) is 0 Å². The van der Waals surface area contributed by atoms with Crippen molar-refractivity contribution in [1.29, 1.82) is 0 Å². The van der Waals surface area contributed by atoms with Crippen molar-refractivity contribution >= 4 is 28.5 Å². The fourth-order valence-electron chi connectivity index (χ4n) is 2.70. The van der Waals surface area contributed by atoms with Crippen LogP contribution in [-0.2, 0) is 0 Å². The molecule has 150 valence electrons. The maximum Gasteiger partial charge on any atom is 0.145 e. The maximum atomic E-state index is 10.5. The topological polar surface area (TPSA) is 75.0 Å². The number of phenols is 1. The van der Waals surface area contributed by atoms with Crippen LogP contribution in [0.2, 0.25) is 0 Å². The Labute approximate surface area is 170 Å². The van der Waals surface area contributed by atoms with E-state index in [4.69, 9.17) is 0 Å². The highest BCUT2D eigenvalue weighted by Crippen LogP contribution is 2.27. The van der Waals surface area contributed by atoms with E-state index in [-0.39, 0.29) is 11.2 Å². The molecule has 0 aliphatic rings. The minimum Gasteiger partial charge on any atom is -0.506 e. The second kappa shape index (κ2) is 8.84. The van der Waals surface area contributed by atoms with Crippen LogP contribution in [-0.4, -0.2) is 46.0 Å². The summed E-state index contributed by atoms with van der Waals surface area (Å²) >= 11 is 1.82. The van der Waals surface area contributed by atoms with Gasteiger partial charge in [-0.25, -0.2) is 0 Å². The summed E-state index contributed by atoms with van der Waals surface area (Å²) in [4.78, 5) is 2.69. The molecule has 28 heavy (non-hydrogen) atoms. The van der Waals surface area contributed by atoms with E-state index in [1.165, 1.54) is 9.69 Å². The minimum absolute atomic E-state index is 0.154. The van der Waals surface area contributed by atoms with E-state index < -0.39 is 0 Å². The predicted molar refractivity (Wildman–Crippen MR) is 118 cm³/mol. The minimum atomic E-state index is 0.154. The molecule has 0 unspecified atom stereocenters. The lowest BCUT2D eigenvalue weighted by Crippen LogP contribution is -2.18. The molecular formula is C21H29N5OS. The van der Waals surface area contributed by atoms with Gasteiger partial charge in [0.2, 0.25) is 0 Å². The summed E-state index contributed by atoms with van der Waals surface area (Å²) < 4.78 is 0. The van der Waals surface area contributed by atoms with Gasteiger partial charge in [0.05, 0.1) is 0 Å². The monoisotopic (exact) mass is 399 g/mol. The molecule has 3 rings (SSSR count). The normalized spacial score (nSPS) is 11.9. The molecule has 0 fully saturated rings. The number of thioether (sulfide) groups is 1. The Morgan fingerprint density at radius 1 is 1.07 bits per heavy atom. The van der Waals surface area contributed by atoms with Crippen molar-refractivity contribution in [2.24, 2.45) is 5.41 Å². The summed E-state index contributed by atoms with van der Waals surface area (Å²) in [5.74, 6) is 1.21. The van der Waals surface area contributed by atoms with Crippen LogP contribution in [0.15, 0.2) is 41.3 Å². The molecule has 1 aromatic heterocycles. The van der Waals surface area contributed by atoms with Crippen LogP contribution >= 0.6 is 11.8 Å². The number of aromatic nitrogens is 3. The Morgan fingerprint density at radius 2 is 1.86 bits per heavy atom. The first kappa shape index (κ1) is 20.5. The third-order valence-electron chi connectivity index (χ3n) is 4.21. The summed E-state index contributed by atoms with van der Waals surface area (Å²) in [5, 5.41) is 26.1. The summed E-state index contributed by atoms with van der Waals surface area (Å²) in [5.41, 5.74) is 3.26. The third kappa shape index (κ3) is 5.39. The second-order valence-electron chi connectivity index (χ2n) is 8.06. The molecule has 0 saturated carbocycles. The van der Waals surface area contributed by atoms with E-state index in [1.54, 1.807) is 6.07 Å². The van der Waals surface area contributed by atoms with Gasteiger partial charge in [-0.3, -0.25) is 0 Å².